The smallest absolute Gasteiger partial charge is 0.257 e. The van der Waals surface area contributed by atoms with Crippen LogP contribution in [0.5, 0.6) is 5.75 Å². The zero-order chi connectivity index (χ0) is 26.6. The van der Waals surface area contributed by atoms with Gasteiger partial charge in [-0.1, -0.05) is 36.4 Å². The Labute approximate surface area is 219 Å². The van der Waals surface area contributed by atoms with Crippen molar-refractivity contribution >= 4 is 27.3 Å². The molecule has 3 aromatic rings. The standard InChI is InChI=1S/C29H35N3O4S/c1-20(2)32-16-14-22(15-17-32)26-19-24(11-13-28(26)36-3)30-29(33)25-12-10-23(21-8-6-5-7-9-21)18-27(25)31-37(4,34)35/h5-13,18-20,22,31H,14-17H2,1-4H3,(H,30,33). The maximum Gasteiger partial charge on any atom is 0.257 e. The molecule has 0 atom stereocenters. The number of likely N-dealkylation sites (tertiary alicyclic amines) is 1. The fourth-order valence-corrected chi connectivity index (χ4v) is 5.46. The Balaban J connectivity index is 1.60. The molecule has 0 spiro atoms. The third-order valence-corrected chi connectivity index (χ3v) is 7.44. The summed E-state index contributed by atoms with van der Waals surface area (Å²) in [6.07, 6.45) is 3.12. The molecule has 0 saturated carbocycles. The van der Waals surface area contributed by atoms with Gasteiger partial charge < -0.3 is 15.0 Å². The average Bonchev–Trinajstić information content (AvgIpc) is 2.88. The lowest BCUT2D eigenvalue weighted by Crippen LogP contribution is -2.37. The zero-order valence-electron chi connectivity index (χ0n) is 21.8. The molecule has 7 nitrogen and oxygen atoms in total. The van der Waals surface area contributed by atoms with Gasteiger partial charge in [-0.05, 0) is 92.7 Å². The second-order valence-electron chi connectivity index (χ2n) is 9.82. The molecule has 1 aliphatic heterocycles. The fraction of sp³-hybridized carbons (Fsp3) is 0.345. The topological polar surface area (TPSA) is 87.7 Å². The number of piperidine rings is 1. The van der Waals surface area contributed by atoms with Gasteiger partial charge in [0.25, 0.3) is 5.91 Å². The van der Waals surface area contributed by atoms with E-state index >= 15 is 0 Å². The van der Waals surface area contributed by atoms with Crippen molar-refractivity contribution in [2.75, 3.05) is 36.5 Å². The van der Waals surface area contributed by atoms with Crippen LogP contribution in [0.1, 0.15) is 48.5 Å². The summed E-state index contributed by atoms with van der Waals surface area (Å²) in [6, 6.07) is 21.0. The molecule has 3 aromatic carbocycles. The van der Waals surface area contributed by atoms with Crippen LogP contribution in [-0.2, 0) is 10.0 Å². The Morgan fingerprint density at radius 2 is 1.68 bits per heavy atom. The first-order chi connectivity index (χ1) is 17.6. The lowest BCUT2D eigenvalue weighted by molar-refractivity contribution is 0.102. The monoisotopic (exact) mass is 521 g/mol. The number of amides is 1. The van der Waals surface area contributed by atoms with Crippen molar-refractivity contribution in [3.8, 4) is 16.9 Å². The molecule has 0 bridgehead atoms. The van der Waals surface area contributed by atoms with E-state index in [0.717, 1.165) is 54.6 Å². The van der Waals surface area contributed by atoms with Crippen LogP contribution in [0.3, 0.4) is 0 Å². The number of anilines is 2. The van der Waals surface area contributed by atoms with Crippen molar-refractivity contribution in [2.45, 2.75) is 38.6 Å². The Bertz CT molecular complexity index is 1350. The predicted molar refractivity (Wildman–Crippen MR) is 150 cm³/mol. The molecule has 0 aromatic heterocycles. The van der Waals surface area contributed by atoms with Crippen LogP contribution in [0.25, 0.3) is 11.1 Å². The number of rotatable bonds is 8. The van der Waals surface area contributed by atoms with E-state index in [1.165, 1.54) is 0 Å². The van der Waals surface area contributed by atoms with E-state index in [9.17, 15) is 13.2 Å². The van der Waals surface area contributed by atoms with Crippen molar-refractivity contribution in [3.63, 3.8) is 0 Å². The molecule has 1 fully saturated rings. The molecular formula is C29H35N3O4S. The van der Waals surface area contributed by atoms with Crippen molar-refractivity contribution in [1.82, 2.24) is 4.90 Å². The summed E-state index contributed by atoms with van der Waals surface area (Å²) in [7, 11) is -1.93. The predicted octanol–water partition coefficient (Wildman–Crippen LogP) is 5.57. The Morgan fingerprint density at radius 3 is 2.30 bits per heavy atom. The van der Waals surface area contributed by atoms with Crippen molar-refractivity contribution in [2.24, 2.45) is 0 Å². The highest BCUT2D eigenvalue weighted by Gasteiger charge is 2.25. The molecule has 2 N–H and O–H groups in total. The fourth-order valence-electron chi connectivity index (χ4n) is 4.89. The molecule has 0 radical (unpaired) electrons. The van der Waals surface area contributed by atoms with E-state index in [2.05, 4.69) is 28.8 Å². The lowest BCUT2D eigenvalue weighted by Gasteiger charge is -2.35. The van der Waals surface area contributed by atoms with Crippen molar-refractivity contribution in [3.05, 3.63) is 77.9 Å². The van der Waals surface area contributed by atoms with E-state index in [1.54, 1.807) is 19.2 Å². The largest absolute Gasteiger partial charge is 0.496 e. The average molecular weight is 522 g/mol. The number of nitrogens with zero attached hydrogens (tertiary/aromatic N) is 1. The maximum absolute atomic E-state index is 13.3. The highest BCUT2D eigenvalue weighted by molar-refractivity contribution is 7.92. The molecule has 1 amide bonds. The molecule has 1 aliphatic rings. The van der Waals surface area contributed by atoms with Gasteiger partial charge in [-0.25, -0.2) is 8.42 Å². The van der Waals surface area contributed by atoms with Gasteiger partial charge in [0.1, 0.15) is 5.75 Å². The number of carbonyl (C=O) groups is 1. The van der Waals surface area contributed by atoms with Gasteiger partial charge in [0, 0.05) is 11.7 Å². The van der Waals surface area contributed by atoms with Crippen LogP contribution >= 0.6 is 0 Å². The minimum Gasteiger partial charge on any atom is -0.496 e. The number of nitrogens with one attached hydrogen (secondary N) is 2. The number of benzene rings is 3. The number of carbonyl (C=O) groups excluding carboxylic acids is 1. The number of hydrogen-bond donors (Lipinski definition) is 2. The van der Waals surface area contributed by atoms with Gasteiger partial charge in [0.2, 0.25) is 10.0 Å². The molecule has 37 heavy (non-hydrogen) atoms. The molecule has 196 valence electrons. The van der Waals surface area contributed by atoms with Crippen LogP contribution in [0.15, 0.2) is 66.7 Å². The van der Waals surface area contributed by atoms with E-state index < -0.39 is 15.9 Å². The zero-order valence-corrected chi connectivity index (χ0v) is 22.6. The summed E-state index contributed by atoms with van der Waals surface area (Å²) in [6.45, 7) is 6.49. The highest BCUT2D eigenvalue weighted by atomic mass is 32.2. The number of sulfonamides is 1. The Morgan fingerprint density at radius 1 is 0.973 bits per heavy atom. The molecular weight excluding hydrogens is 486 g/mol. The Kier molecular flexibility index (Phi) is 8.19. The quantitative estimate of drug-likeness (QED) is 0.404. The highest BCUT2D eigenvalue weighted by Crippen LogP contribution is 2.37. The molecule has 4 rings (SSSR count). The maximum atomic E-state index is 13.3. The van der Waals surface area contributed by atoms with Gasteiger partial charge >= 0.3 is 0 Å². The summed E-state index contributed by atoms with van der Waals surface area (Å²) in [5, 5.41) is 2.96. The molecule has 1 saturated heterocycles. The van der Waals surface area contributed by atoms with Crippen molar-refractivity contribution < 1.29 is 17.9 Å². The van der Waals surface area contributed by atoms with Gasteiger partial charge in [-0.3, -0.25) is 9.52 Å². The van der Waals surface area contributed by atoms with Crippen LogP contribution in [-0.4, -0.2) is 51.7 Å². The van der Waals surface area contributed by atoms with Gasteiger partial charge in [-0.15, -0.1) is 0 Å². The van der Waals surface area contributed by atoms with Crippen molar-refractivity contribution in [1.29, 1.82) is 0 Å². The third-order valence-electron chi connectivity index (χ3n) is 6.85. The molecule has 0 aliphatic carbocycles. The summed E-state index contributed by atoms with van der Waals surface area (Å²) in [5.41, 5.74) is 3.93. The van der Waals surface area contributed by atoms with Gasteiger partial charge in [-0.2, -0.15) is 0 Å². The normalized spacial score (nSPS) is 14.9. The van der Waals surface area contributed by atoms with Crippen LogP contribution in [0.2, 0.25) is 0 Å². The summed E-state index contributed by atoms with van der Waals surface area (Å²) in [4.78, 5) is 15.8. The van der Waals surface area contributed by atoms with Crippen LogP contribution in [0.4, 0.5) is 11.4 Å². The first-order valence-electron chi connectivity index (χ1n) is 12.5. The first-order valence-corrected chi connectivity index (χ1v) is 14.4. The SMILES string of the molecule is COc1ccc(NC(=O)c2ccc(-c3ccccc3)cc2NS(C)(=O)=O)cc1C1CCN(C(C)C)CC1. The molecule has 0 unspecified atom stereocenters. The number of hydrogen-bond acceptors (Lipinski definition) is 5. The molecule has 1 heterocycles. The second kappa shape index (κ2) is 11.4. The first kappa shape index (κ1) is 26.7. The minimum absolute atomic E-state index is 0.233. The van der Waals surface area contributed by atoms with E-state index in [-0.39, 0.29) is 11.3 Å². The summed E-state index contributed by atoms with van der Waals surface area (Å²) in [5.74, 6) is 0.763. The van der Waals surface area contributed by atoms with Gasteiger partial charge in [0.05, 0.1) is 24.6 Å². The van der Waals surface area contributed by atoms with Crippen LogP contribution in [0, 0.1) is 0 Å². The lowest BCUT2D eigenvalue weighted by atomic mass is 9.88. The third kappa shape index (κ3) is 6.70. The molecule has 8 heteroatoms. The van der Waals surface area contributed by atoms with E-state index in [1.807, 2.05) is 54.6 Å². The number of ether oxygens (including phenoxy) is 1. The Hall–Kier alpha value is -3.36. The second-order valence-corrected chi connectivity index (χ2v) is 11.6. The number of methoxy groups -OCH3 is 1. The van der Waals surface area contributed by atoms with Crippen LogP contribution < -0.4 is 14.8 Å². The van der Waals surface area contributed by atoms with Gasteiger partial charge in [0.15, 0.2) is 0 Å². The van der Waals surface area contributed by atoms with E-state index in [4.69, 9.17) is 4.74 Å². The van der Waals surface area contributed by atoms with E-state index in [0.29, 0.717) is 17.6 Å². The minimum atomic E-state index is -3.60. The summed E-state index contributed by atoms with van der Waals surface area (Å²) < 4.78 is 32.3. The summed E-state index contributed by atoms with van der Waals surface area (Å²) >= 11 is 0.